The number of aliphatic hydroxyl groups is 1. The fourth-order valence-corrected chi connectivity index (χ4v) is 3.09. The number of hydrogen-bond acceptors (Lipinski definition) is 4. The van der Waals surface area contributed by atoms with Gasteiger partial charge in [0.1, 0.15) is 11.3 Å². The Balaban J connectivity index is 1.81. The summed E-state index contributed by atoms with van der Waals surface area (Å²) in [7, 11) is 1.80. The molecule has 0 unspecified atom stereocenters. The molecule has 2 aromatic rings. The highest BCUT2D eigenvalue weighted by atomic mass is 16.3. The van der Waals surface area contributed by atoms with E-state index in [9.17, 15) is 9.90 Å². The predicted molar refractivity (Wildman–Crippen MR) is 84.5 cm³/mol. The number of likely N-dealkylation sites (N-methyl/N-ethyl adjacent to an activating group) is 1. The molecule has 22 heavy (non-hydrogen) atoms. The van der Waals surface area contributed by atoms with E-state index in [4.69, 9.17) is 4.42 Å². The second kappa shape index (κ2) is 6.10. The lowest BCUT2D eigenvalue weighted by molar-refractivity contribution is -0.132. The lowest BCUT2D eigenvalue weighted by Gasteiger charge is -2.21. The molecule has 1 amide bonds. The standard InChI is InChI=1S/C17H22N2O3/c1-3-15-13(12-6-4-5-7-16(12)22-15)10-19(2)17(21)14-8-11(20)9-18-14/h4-7,11,14,18,20H,3,8-10H2,1-2H3/t11-,14+/m1/s1. The minimum absolute atomic E-state index is 0.0175. The maximum atomic E-state index is 12.5. The number of β-amino-alcohol motifs (C(OH)–C–C–N with tert-alkyl or cyclic N) is 1. The Morgan fingerprint density at radius 1 is 1.45 bits per heavy atom. The monoisotopic (exact) mass is 302 g/mol. The van der Waals surface area contributed by atoms with Crippen molar-refractivity contribution >= 4 is 16.9 Å². The number of aryl methyl sites for hydroxylation is 1. The van der Waals surface area contributed by atoms with Crippen LogP contribution in [-0.2, 0) is 17.8 Å². The summed E-state index contributed by atoms with van der Waals surface area (Å²) in [4.78, 5) is 14.2. The van der Waals surface area contributed by atoms with Crippen LogP contribution >= 0.6 is 0 Å². The van der Waals surface area contributed by atoms with Gasteiger partial charge in [-0.25, -0.2) is 0 Å². The highest BCUT2D eigenvalue weighted by Gasteiger charge is 2.30. The second-order valence-electron chi connectivity index (χ2n) is 5.90. The van der Waals surface area contributed by atoms with E-state index in [1.54, 1.807) is 11.9 Å². The molecule has 0 radical (unpaired) electrons. The number of fused-ring (bicyclic) bond motifs is 1. The molecular weight excluding hydrogens is 280 g/mol. The van der Waals surface area contributed by atoms with E-state index < -0.39 is 6.10 Å². The Bertz CT molecular complexity index is 680. The molecule has 0 saturated carbocycles. The van der Waals surface area contributed by atoms with Crippen LogP contribution in [0.5, 0.6) is 0 Å². The maximum Gasteiger partial charge on any atom is 0.239 e. The third-order valence-corrected chi connectivity index (χ3v) is 4.28. The zero-order valence-electron chi connectivity index (χ0n) is 13.0. The first-order valence-corrected chi connectivity index (χ1v) is 7.75. The summed E-state index contributed by atoms with van der Waals surface area (Å²) in [5, 5.41) is 13.7. The van der Waals surface area contributed by atoms with Crippen molar-refractivity contribution in [3.8, 4) is 0 Å². The Hall–Kier alpha value is -1.85. The molecule has 0 bridgehead atoms. The molecule has 1 fully saturated rings. The topological polar surface area (TPSA) is 65.7 Å². The van der Waals surface area contributed by atoms with Crippen LogP contribution < -0.4 is 5.32 Å². The summed E-state index contributed by atoms with van der Waals surface area (Å²) in [5.41, 5.74) is 1.94. The number of hydrogen-bond donors (Lipinski definition) is 2. The highest BCUT2D eigenvalue weighted by Crippen LogP contribution is 2.27. The Labute approximate surface area is 129 Å². The van der Waals surface area contributed by atoms with Gasteiger partial charge in [0.15, 0.2) is 0 Å². The van der Waals surface area contributed by atoms with E-state index in [2.05, 4.69) is 12.2 Å². The summed E-state index contributed by atoms with van der Waals surface area (Å²) in [5.74, 6) is 0.948. The molecule has 1 aliphatic heterocycles. The molecule has 1 aromatic heterocycles. The summed E-state index contributed by atoms with van der Waals surface area (Å²) in [6, 6.07) is 7.63. The van der Waals surface area contributed by atoms with Crippen molar-refractivity contribution in [1.29, 1.82) is 0 Å². The van der Waals surface area contributed by atoms with Crippen molar-refractivity contribution < 1.29 is 14.3 Å². The SMILES string of the molecule is CCc1oc2ccccc2c1CN(C)C(=O)[C@@H]1C[C@@H](O)CN1. The van der Waals surface area contributed by atoms with Gasteiger partial charge in [0, 0.05) is 37.5 Å². The number of nitrogens with zero attached hydrogens (tertiary/aromatic N) is 1. The van der Waals surface area contributed by atoms with Gasteiger partial charge in [-0.1, -0.05) is 25.1 Å². The number of benzene rings is 1. The van der Waals surface area contributed by atoms with E-state index in [1.165, 1.54) is 0 Å². The van der Waals surface area contributed by atoms with Crippen LogP contribution in [0.15, 0.2) is 28.7 Å². The summed E-state index contributed by atoms with van der Waals surface area (Å²) < 4.78 is 5.88. The second-order valence-corrected chi connectivity index (χ2v) is 5.90. The molecule has 3 rings (SSSR count). The molecular formula is C17H22N2O3. The van der Waals surface area contributed by atoms with E-state index in [-0.39, 0.29) is 11.9 Å². The van der Waals surface area contributed by atoms with Gasteiger partial charge in [0.05, 0.1) is 12.1 Å². The third-order valence-electron chi connectivity index (χ3n) is 4.28. The van der Waals surface area contributed by atoms with E-state index in [1.807, 2.05) is 24.3 Å². The van der Waals surface area contributed by atoms with Crippen LogP contribution in [0.2, 0.25) is 0 Å². The lowest BCUT2D eigenvalue weighted by atomic mass is 10.1. The Morgan fingerprint density at radius 2 is 2.23 bits per heavy atom. The van der Waals surface area contributed by atoms with Gasteiger partial charge in [-0.05, 0) is 12.5 Å². The Morgan fingerprint density at radius 3 is 2.91 bits per heavy atom. The van der Waals surface area contributed by atoms with Crippen molar-refractivity contribution in [3.05, 3.63) is 35.6 Å². The first kappa shape index (κ1) is 15.1. The van der Waals surface area contributed by atoms with Gasteiger partial charge < -0.3 is 19.7 Å². The first-order chi connectivity index (χ1) is 10.6. The first-order valence-electron chi connectivity index (χ1n) is 7.75. The largest absolute Gasteiger partial charge is 0.461 e. The van der Waals surface area contributed by atoms with Crippen molar-refractivity contribution in [3.63, 3.8) is 0 Å². The van der Waals surface area contributed by atoms with Gasteiger partial charge in [-0.2, -0.15) is 0 Å². The number of carbonyl (C=O) groups excluding carboxylic acids is 1. The number of amides is 1. The molecule has 1 aliphatic rings. The normalized spacial score (nSPS) is 21.4. The van der Waals surface area contributed by atoms with Crippen LogP contribution in [0, 0.1) is 0 Å². The Kier molecular flexibility index (Phi) is 4.18. The number of nitrogens with one attached hydrogen (secondary N) is 1. The third kappa shape index (κ3) is 2.74. The van der Waals surface area contributed by atoms with Gasteiger partial charge in [-0.15, -0.1) is 0 Å². The average Bonchev–Trinajstić information content (AvgIpc) is 3.10. The molecule has 5 nitrogen and oxygen atoms in total. The van der Waals surface area contributed by atoms with Gasteiger partial charge in [0.2, 0.25) is 5.91 Å². The van der Waals surface area contributed by atoms with Crippen LogP contribution in [0.1, 0.15) is 24.7 Å². The lowest BCUT2D eigenvalue weighted by Crippen LogP contribution is -2.41. The fourth-order valence-electron chi connectivity index (χ4n) is 3.09. The summed E-state index contributed by atoms with van der Waals surface area (Å²) in [6.07, 6.45) is 0.853. The van der Waals surface area contributed by atoms with Gasteiger partial charge in [0.25, 0.3) is 0 Å². The molecule has 1 aromatic carbocycles. The van der Waals surface area contributed by atoms with Gasteiger partial charge >= 0.3 is 0 Å². The van der Waals surface area contributed by atoms with Crippen LogP contribution in [-0.4, -0.2) is 41.7 Å². The maximum absolute atomic E-state index is 12.5. The molecule has 2 heterocycles. The zero-order valence-corrected chi connectivity index (χ0v) is 13.0. The minimum Gasteiger partial charge on any atom is -0.461 e. The van der Waals surface area contributed by atoms with Crippen molar-refractivity contribution in [1.82, 2.24) is 10.2 Å². The smallest absolute Gasteiger partial charge is 0.239 e. The summed E-state index contributed by atoms with van der Waals surface area (Å²) in [6.45, 7) is 3.06. The quantitative estimate of drug-likeness (QED) is 0.902. The average molecular weight is 302 g/mol. The van der Waals surface area contributed by atoms with E-state index in [0.29, 0.717) is 19.5 Å². The zero-order chi connectivity index (χ0) is 15.7. The van der Waals surface area contributed by atoms with Crippen LogP contribution in [0.4, 0.5) is 0 Å². The number of carbonyl (C=O) groups is 1. The van der Waals surface area contributed by atoms with Crippen LogP contribution in [0.3, 0.4) is 0 Å². The number of para-hydroxylation sites is 1. The predicted octanol–water partition coefficient (Wildman–Crippen LogP) is 1.68. The van der Waals surface area contributed by atoms with Crippen molar-refractivity contribution in [2.24, 2.45) is 0 Å². The number of furan rings is 1. The van der Waals surface area contributed by atoms with Gasteiger partial charge in [-0.3, -0.25) is 4.79 Å². The summed E-state index contributed by atoms with van der Waals surface area (Å²) >= 11 is 0. The van der Waals surface area contributed by atoms with Crippen LogP contribution in [0.25, 0.3) is 11.0 Å². The fraction of sp³-hybridized carbons (Fsp3) is 0.471. The molecule has 118 valence electrons. The molecule has 2 N–H and O–H groups in total. The highest BCUT2D eigenvalue weighted by molar-refractivity contribution is 5.85. The van der Waals surface area contributed by atoms with Crippen molar-refractivity contribution in [2.75, 3.05) is 13.6 Å². The molecule has 5 heteroatoms. The molecule has 0 spiro atoms. The van der Waals surface area contributed by atoms with E-state index in [0.717, 1.165) is 28.7 Å². The van der Waals surface area contributed by atoms with Crippen molar-refractivity contribution in [2.45, 2.75) is 38.5 Å². The minimum atomic E-state index is -0.427. The molecule has 2 atom stereocenters. The molecule has 0 aliphatic carbocycles. The number of rotatable bonds is 4. The van der Waals surface area contributed by atoms with E-state index >= 15 is 0 Å². The number of aliphatic hydroxyl groups excluding tert-OH is 1. The molecule has 1 saturated heterocycles.